The highest BCUT2D eigenvalue weighted by Gasteiger charge is 2.15. The Morgan fingerprint density at radius 1 is 1.38 bits per heavy atom. The molecule has 1 aromatic heterocycles. The molecule has 4 nitrogen and oxygen atoms in total. The van der Waals surface area contributed by atoms with E-state index in [4.69, 9.17) is 5.11 Å². The van der Waals surface area contributed by atoms with Crippen LogP contribution in [-0.4, -0.2) is 34.0 Å². The molecule has 0 amide bonds. The van der Waals surface area contributed by atoms with Crippen LogP contribution in [0.25, 0.3) is 0 Å². The number of hydrogen-bond acceptors (Lipinski definition) is 3. The average molecular weight is 220 g/mol. The van der Waals surface area contributed by atoms with Crippen LogP contribution >= 0.6 is 0 Å². The van der Waals surface area contributed by atoms with Gasteiger partial charge in [0.25, 0.3) is 0 Å². The lowest BCUT2D eigenvalue weighted by atomic mass is 10.1. The number of nitrogens with zero attached hydrogens (tertiary/aromatic N) is 2. The van der Waals surface area contributed by atoms with Crippen molar-refractivity contribution in [1.29, 1.82) is 0 Å². The number of pyridine rings is 1. The molecule has 1 fully saturated rings. The van der Waals surface area contributed by atoms with Gasteiger partial charge in [-0.05, 0) is 37.6 Å². The lowest BCUT2D eigenvalue weighted by Crippen LogP contribution is -2.29. The molecule has 4 heteroatoms. The minimum Gasteiger partial charge on any atom is -0.478 e. The Labute approximate surface area is 94.9 Å². The van der Waals surface area contributed by atoms with Crippen molar-refractivity contribution in [2.45, 2.75) is 25.8 Å². The Balaban J connectivity index is 2.10. The Bertz CT molecular complexity index is 373. The highest BCUT2D eigenvalue weighted by molar-refractivity contribution is 5.89. The summed E-state index contributed by atoms with van der Waals surface area (Å²) in [7, 11) is 0. The molecule has 1 aliphatic rings. The molecule has 0 aromatic carbocycles. The predicted molar refractivity (Wildman–Crippen MR) is 60.3 cm³/mol. The second kappa shape index (κ2) is 5.07. The molecule has 86 valence electrons. The summed E-state index contributed by atoms with van der Waals surface area (Å²) in [6.45, 7) is 2.83. The topological polar surface area (TPSA) is 53.4 Å². The van der Waals surface area contributed by atoms with E-state index in [0.717, 1.165) is 18.7 Å². The van der Waals surface area contributed by atoms with Crippen molar-refractivity contribution < 1.29 is 9.90 Å². The molecule has 0 spiro atoms. The molecule has 1 aliphatic heterocycles. The molecule has 1 N–H and O–H groups in total. The zero-order valence-corrected chi connectivity index (χ0v) is 9.22. The van der Waals surface area contributed by atoms with Gasteiger partial charge < -0.3 is 5.11 Å². The number of aromatic nitrogens is 1. The Hall–Kier alpha value is -1.42. The van der Waals surface area contributed by atoms with Crippen LogP contribution in [0.5, 0.6) is 0 Å². The minimum atomic E-state index is -0.866. The number of rotatable bonds is 3. The fourth-order valence-electron chi connectivity index (χ4n) is 2.12. The highest BCUT2D eigenvalue weighted by atomic mass is 16.4. The van der Waals surface area contributed by atoms with Crippen molar-refractivity contribution in [3.8, 4) is 0 Å². The van der Waals surface area contributed by atoms with Gasteiger partial charge in [0.05, 0.1) is 5.56 Å². The Morgan fingerprint density at radius 3 is 2.81 bits per heavy atom. The van der Waals surface area contributed by atoms with Crippen molar-refractivity contribution in [2.75, 3.05) is 13.1 Å². The quantitative estimate of drug-likeness (QED) is 0.843. The molecule has 0 saturated carbocycles. The summed E-state index contributed by atoms with van der Waals surface area (Å²) < 4.78 is 0. The second-order valence-electron chi connectivity index (χ2n) is 4.17. The van der Waals surface area contributed by atoms with E-state index in [1.807, 2.05) is 0 Å². The van der Waals surface area contributed by atoms with Gasteiger partial charge in [-0.15, -0.1) is 0 Å². The summed E-state index contributed by atoms with van der Waals surface area (Å²) in [5, 5.41) is 9.05. The number of carboxylic acid groups (broad SMARTS) is 1. The molecule has 1 saturated heterocycles. The van der Waals surface area contributed by atoms with Crippen LogP contribution in [0.3, 0.4) is 0 Å². The van der Waals surface area contributed by atoms with E-state index in [0.29, 0.717) is 12.1 Å². The summed E-state index contributed by atoms with van der Waals surface area (Å²) in [5.74, 6) is -0.866. The molecule has 2 rings (SSSR count). The number of carbonyl (C=O) groups is 1. The molecule has 2 heterocycles. The fraction of sp³-hybridized carbons (Fsp3) is 0.500. The Kier molecular flexibility index (Phi) is 3.51. The van der Waals surface area contributed by atoms with E-state index in [2.05, 4.69) is 9.88 Å². The van der Waals surface area contributed by atoms with Gasteiger partial charge in [-0.2, -0.15) is 0 Å². The van der Waals surface area contributed by atoms with Crippen LogP contribution in [0.15, 0.2) is 18.5 Å². The summed E-state index contributed by atoms with van der Waals surface area (Å²) in [6.07, 6.45) is 6.90. The molecule has 16 heavy (non-hydrogen) atoms. The molecule has 0 atom stereocenters. The molecular formula is C12H16N2O2. The number of hydrogen-bond donors (Lipinski definition) is 1. The normalized spacial score (nSPS) is 17.2. The first-order valence-corrected chi connectivity index (χ1v) is 5.66. The molecule has 0 unspecified atom stereocenters. The van der Waals surface area contributed by atoms with Crippen molar-refractivity contribution in [2.24, 2.45) is 0 Å². The van der Waals surface area contributed by atoms with E-state index in [1.165, 1.54) is 25.5 Å². The smallest absolute Gasteiger partial charge is 0.336 e. The first kappa shape index (κ1) is 11.1. The molecule has 0 bridgehead atoms. The van der Waals surface area contributed by atoms with Crippen molar-refractivity contribution in [1.82, 2.24) is 9.88 Å². The zero-order chi connectivity index (χ0) is 11.4. The second-order valence-corrected chi connectivity index (χ2v) is 4.17. The van der Waals surface area contributed by atoms with E-state index < -0.39 is 5.97 Å². The third-order valence-corrected chi connectivity index (χ3v) is 2.98. The maximum absolute atomic E-state index is 11.0. The summed E-state index contributed by atoms with van der Waals surface area (Å²) in [6, 6.07) is 1.57. The van der Waals surface area contributed by atoms with E-state index in [-0.39, 0.29) is 0 Å². The van der Waals surface area contributed by atoms with Crippen molar-refractivity contribution in [3.63, 3.8) is 0 Å². The maximum Gasteiger partial charge on any atom is 0.336 e. The molecule has 0 aliphatic carbocycles. The monoisotopic (exact) mass is 220 g/mol. The van der Waals surface area contributed by atoms with E-state index >= 15 is 0 Å². The van der Waals surface area contributed by atoms with E-state index in [9.17, 15) is 4.79 Å². The zero-order valence-electron chi connectivity index (χ0n) is 9.22. The van der Waals surface area contributed by atoms with Gasteiger partial charge in [0.1, 0.15) is 0 Å². The van der Waals surface area contributed by atoms with Gasteiger partial charge in [-0.1, -0.05) is 6.42 Å². The SMILES string of the molecule is O=C(O)c1ccncc1CN1CCCCC1. The number of likely N-dealkylation sites (tertiary alicyclic amines) is 1. The van der Waals surface area contributed by atoms with Gasteiger partial charge in [-0.25, -0.2) is 4.79 Å². The largest absolute Gasteiger partial charge is 0.478 e. The summed E-state index contributed by atoms with van der Waals surface area (Å²) in [4.78, 5) is 17.3. The third-order valence-electron chi connectivity index (χ3n) is 2.98. The van der Waals surface area contributed by atoms with Crippen molar-refractivity contribution >= 4 is 5.97 Å². The minimum absolute atomic E-state index is 0.376. The lowest BCUT2D eigenvalue weighted by Gasteiger charge is -2.26. The summed E-state index contributed by atoms with van der Waals surface area (Å²) >= 11 is 0. The van der Waals surface area contributed by atoms with Gasteiger partial charge in [0.15, 0.2) is 0 Å². The number of aromatic carboxylic acids is 1. The van der Waals surface area contributed by atoms with Gasteiger partial charge >= 0.3 is 5.97 Å². The average Bonchev–Trinajstić information content (AvgIpc) is 2.31. The maximum atomic E-state index is 11.0. The molecule has 0 radical (unpaired) electrons. The van der Waals surface area contributed by atoms with Crippen LogP contribution < -0.4 is 0 Å². The molecule has 1 aromatic rings. The van der Waals surface area contributed by atoms with Gasteiger partial charge in [-0.3, -0.25) is 9.88 Å². The Morgan fingerprint density at radius 2 is 2.12 bits per heavy atom. The third kappa shape index (κ3) is 2.58. The van der Waals surface area contributed by atoms with Crippen LogP contribution in [0, 0.1) is 0 Å². The van der Waals surface area contributed by atoms with Gasteiger partial charge in [0.2, 0.25) is 0 Å². The number of piperidine rings is 1. The molecular weight excluding hydrogens is 204 g/mol. The first-order valence-electron chi connectivity index (χ1n) is 5.66. The van der Waals surface area contributed by atoms with E-state index in [1.54, 1.807) is 12.3 Å². The standard InChI is InChI=1S/C12H16N2O2/c15-12(16)11-4-5-13-8-10(11)9-14-6-2-1-3-7-14/h4-5,8H,1-3,6-7,9H2,(H,15,16). The fourth-order valence-corrected chi connectivity index (χ4v) is 2.12. The number of carboxylic acids is 1. The van der Waals surface area contributed by atoms with Crippen LogP contribution in [0.2, 0.25) is 0 Å². The van der Waals surface area contributed by atoms with Crippen LogP contribution in [0.4, 0.5) is 0 Å². The highest BCUT2D eigenvalue weighted by Crippen LogP contribution is 2.15. The van der Waals surface area contributed by atoms with Crippen molar-refractivity contribution in [3.05, 3.63) is 29.6 Å². The van der Waals surface area contributed by atoms with Crippen LogP contribution in [0.1, 0.15) is 35.2 Å². The lowest BCUT2D eigenvalue weighted by molar-refractivity contribution is 0.0694. The summed E-state index contributed by atoms with van der Waals surface area (Å²) in [5.41, 5.74) is 1.19. The van der Waals surface area contributed by atoms with Crippen LogP contribution in [-0.2, 0) is 6.54 Å². The predicted octanol–water partition coefficient (Wildman–Crippen LogP) is 1.77. The van der Waals surface area contributed by atoms with Gasteiger partial charge in [0, 0.05) is 18.9 Å². The first-order chi connectivity index (χ1) is 7.77.